The van der Waals surface area contributed by atoms with Crippen molar-refractivity contribution < 1.29 is 9.84 Å². The molecule has 1 aliphatic heterocycles. The Balaban J connectivity index is 2.08. The van der Waals surface area contributed by atoms with Gasteiger partial charge in [-0.3, -0.25) is 0 Å². The second-order valence-corrected chi connectivity index (χ2v) is 4.57. The van der Waals surface area contributed by atoms with E-state index in [1.807, 2.05) is 18.2 Å². The molecule has 1 heterocycles. The lowest BCUT2D eigenvalue weighted by molar-refractivity contribution is 0.115. The van der Waals surface area contributed by atoms with Gasteiger partial charge >= 0.3 is 0 Å². The van der Waals surface area contributed by atoms with E-state index in [1.165, 1.54) is 0 Å². The van der Waals surface area contributed by atoms with Crippen LogP contribution in [0, 0.1) is 0 Å². The third kappa shape index (κ3) is 3.13. The van der Waals surface area contributed by atoms with E-state index in [4.69, 9.17) is 4.74 Å². The number of anilines is 1. The highest BCUT2D eigenvalue weighted by atomic mass is 16.5. The Bertz CT molecular complexity index is 348. The molecule has 2 rings (SSSR count). The monoisotopic (exact) mass is 235 g/mol. The standard InChI is InChI=1S/C14H21NO2/c1-2-9-15(11-12-6-5-10-17-12)13-7-3-4-8-14(13)16/h3-4,7-8,12,16H,2,5-6,9-11H2,1H3. The van der Waals surface area contributed by atoms with Gasteiger partial charge in [-0.1, -0.05) is 19.1 Å². The number of aromatic hydroxyl groups is 1. The summed E-state index contributed by atoms with van der Waals surface area (Å²) >= 11 is 0. The highest BCUT2D eigenvalue weighted by Crippen LogP contribution is 2.28. The van der Waals surface area contributed by atoms with Gasteiger partial charge in [-0.2, -0.15) is 0 Å². The van der Waals surface area contributed by atoms with Gasteiger partial charge in [-0.15, -0.1) is 0 Å². The average molecular weight is 235 g/mol. The van der Waals surface area contributed by atoms with Crippen LogP contribution in [0.25, 0.3) is 0 Å². The molecule has 1 fully saturated rings. The molecule has 17 heavy (non-hydrogen) atoms. The molecule has 0 aromatic heterocycles. The molecule has 1 aromatic carbocycles. The van der Waals surface area contributed by atoms with Gasteiger partial charge in [-0.25, -0.2) is 0 Å². The Morgan fingerprint density at radius 3 is 2.88 bits per heavy atom. The average Bonchev–Trinajstić information content (AvgIpc) is 2.82. The van der Waals surface area contributed by atoms with Gasteiger partial charge in [0, 0.05) is 19.7 Å². The molecule has 3 nitrogen and oxygen atoms in total. The summed E-state index contributed by atoms with van der Waals surface area (Å²) in [6.07, 6.45) is 3.68. The quantitative estimate of drug-likeness (QED) is 0.851. The lowest BCUT2D eigenvalue weighted by atomic mass is 10.2. The zero-order chi connectivity index (χ0) is 12.1. The SMILES string of the molecule is CCCN(CC1CCCO1)c1ccccc1O. The number of para-hydroxylation sites is 2. The van der Waals surface area contributed by atoms with Crippen molar-refractivity contribution in [1.29, 1.82) is 0 Å². The molecule has 1 unspecified atom stereocenters. The van der Waals surface area contributed by atoms with Crippen molar-refractivity contribution in [3.63, 3.8) is 0 Å². The molecule has 1 aliphatic rings. The summed E-state index contributed by atoms with van der Waals surface area (Å²) < 4.78 is 5.67. The molecule has 0 saturated carbocycles. The molecule has 3 heteroatoms. The van der Waals surface area contributed by atoms with Crippen LogP contribution in [0.3, 0.4) is 0 Å². The van der Waals surface area contributed by atoms with E-state index >= 15 is 0 Å². The van der Waals surface area contributed by atoms with E-state index < -0.39 is 0 Å². The van der Waals surface area contributed by atoms with Crippen LogP contribution in [0.4, 0.5) is 5.69 Å². The maximum Gasteiger partial charge on any atom is 0.138 e. The van der Waals surface area contributed by atoms with Crippen LogP contribution in [0.2, 0.25) is 0 Å². The van der Waals surface area contributed by atoms with E-state index in [0.717, 1.165) is 44.6 Å². The van der Waals surface area contributed by atoms with E-state index in [0.29, 0.717) is 11.9 Å². The van der Waals surface area contributed by atoms with Crippen molar-refractivity contribution in [2.24, 2.45) is 0 Å². The summed E-state index contributed by atoms with van der Waals surface area (Å²) in [4.78, 5) is 2.23. The molecule has 0 aliphatic carbocycles. The Kier molecular flexibility index (Phi) is 4.26. The minimum Gasteiger partial charge on any atom is -0.506 e. The van der Waals surface area contributed by atoms with Crippen LogP contribution in [0.1, 0.15) is 26.2 Å². The van der Waals surface area contributed by atoms with Crippen LogP contribution in [-0.4, -0.2) is 30.9 Å². The summed E-state index contributed by atoms with van der Waals surface area (Å²) in [5.41, 5.74) is 0.921. The summed E-state index contributed by atoms with van der Waals surface area (Å²) in [5, 5.41) is 9.90. The predicted octanol–water partition coefficient (Wildman–Crippen LogP) is 2.79. The molecule has 1 N–H and O–H groups in total. The zero-order valence-corrected chi connectivity index (χ0v) is 10.4. The second-order valence-electron chi connectivity index (χ2n) is 4.57. The second kappa shape index (κ2) is 5.92. The van der Waals surface area contributed by atoms with Crippen LogP contribution in [0.15, 0.2) is 24.3 Å². The Labute approximate surface area is 103 Å². The summed E-state index contributed by atoms with van der Waals surface area (Å²) in [7, 11) is 0. The number of nitrogens with zero attached hydrogens (tertiary/aromatic N) is 1. The van der Waals surface area contributed by atoms with Crippen molar-refractivity contribution in [2.75, 3.05) is 24.6 Å². The lowest BCUT2D eigenvalue weighted by Gasteiger charge is -2.27. The lowest BCUT2D eigenvalue weighted by Crippen LogP contribution is -2.32. The van der Waals surface area contributed by atoms with E-state index in [1.54, 1.807) is 6.07 Å². The van der Waals surface area contributed by atoms with Crippen LogP contribution < -0.4 is 4.90 Å². The zero-order valence-electron chi connectivity index (χ0n) is 10.4. The third-order valence-corrected chi connectivity index (χ3v) is 3.16. The Morgan fingerprint density at radius 1 is 1.41 bits per heavy atom. The van der Waals surface area contributed by atoms with Crippen LogP contribution in [-0.2, 0) is 4.74 Å². The Hall–Kier alpha value is -1.22. The Morgan fingerprint density at radius 2 is 2.24 bits per heavy atom. The van der Waals surface area contributed by atoms with Crippen LogP contribution in [0.5, 0.6) is 5.75 Å². The van der Waals surface area contributed by atoms with Gasteiger partial charge in [0.15, 0.2) is 0 Å². The highest BCUT2D eigenvalue weighted by molar-refractivity contribution is 5.57. The van der Waals surface area contributed by atoms with E-state index in [2.05, 4.69) is 11.8 Å². The van der Waals surface area contributed by atoms with Crippen molar-refractivity contribution in [3.05, 3.63) is 24.3 Å². The molecule has 1 atom stereocenters. The van der Waals surface area contributed by atoms with Gasteiger partial charge in [-0.05, 0) is 31.4 Å². The predicted molar refractivity (Wildman–Crippen MR) is 69.6 cm³/mol. The van der Waals surface area contributed by atoms with Gasteiger partial charge in [0.05, 0.1) is 11.8 Å². The normalized spacial score (nSPS) is 19.5. The molecule has 1 aromatic rings. The minimum atomic E-state index is 0.321. The van der Waals surface area contributed by atoms with E-state index in [-0.39, 0.29) is 0 Å². The molecular weight excluding hydrogens is 214 g/mol. The molecule has 0 spiro atoms. The number of hydrogen-bond donors (Lipinski definition) is 1. The third-order valence-electron chi connectivity index (χ3n) is 3.16. The van der Waals surface area contributed by atoms with Gasteiger partial charge in [0.2, 0.25) is 0 Å². The fraction of sp³-hybridized carbons (Fsp3) is 0.571. The summed E-state index contributed by atoms with van der Waals surface area (Å²) in [5.74, 6) is 0.360. The molecule has 1 saturated heterocycles. The minimum absolute atomic E-state index is 0.321. The van der Waals surface area contributed by atoms with Gasteiger partial charge in [0.1, 0.15) is 5.75 Å². The topological polar surface area (TPSA) is 32.7 Å². The van der Waals surface area contributed by atoms with Crippen molar-refractivity contribution in [1.82, 2.24) is 0 Å². The summed E-state index contributed by atoms with van der Waals surface area (Å²) in [6, 6.07) is 7.54. The highest BCUT2D eigenvalue weighted by Gasteiger charge is 2.20. The molecule has 94 valence electrons. The van der Waals surface area contributed by atoms with Crippen molar-refractivity contribution >= 4 is 5.69 Å². The molecular formula is C14H21NO2. The molecule has 0 radical (unpaired) electrons. The van der Waals surface area contributed by atoms with Crippen molar-refractivity contribution in [2.45, 2.75) is 32.3 Å². The smallest absolute Gasteiger partial charge is 0.138 e. The van der Waals surface area contributed by atoms with Gasteiger partial charge < -0.3 is 14.7 Å². The molecule has 0 bridgehead atoms. The number of benzene rings is 1. The first-order valence-corrected chi connectivity index (χ1v) is 6.46. The number of ether oxygens (including phenoxy) is 1. The number of phenolic OH excluding ortho intramolecular Hbond substituents is 1. The molecule has 0 amide bonds. The largest absolute Gasteiger partial charge is 0.506 e. The maximum atomic E-state index is 9.90. The number of hydrogen-bond acceptors (Lipinski definition) is 3. The van der Waals surface area contributed by atoms with Crippen molar-refractivity contribution in [3.8, 4) is 5.75 Å². The number of rotatable bonds is 5. The number of phenols is 1. The first kappa shape index (κ1) is 12.2. The van der Waals surface area contributed by atoms with Gasteiger partial charge in [0.25, 0.3) is 0 Å². The first-order chi connectivity index (χ1) is 8.31. The maximum absolute atomic E-state index is 9.90. The van der Waals surface area contributed by atoms with E-state index in [9.17, 15) is 5.11 Å². The fourth-order valence-electron chi connectivity index (χ4n) is 2.35. The first-order valence-electron chi connectivity index (χ1n) is 6.46. The summed E-state index contributed by atoms with van der Waals surface area (Å²) in [6.45, 7) is 4.87. The van der Waals surface area contributed by atoms with Crippen LogP contribution >= 0.6 is 0 Å². The fourth-order valence-corrected chi connectivity index (χ4v) is 2.35.